The lowest BCUT2D eigenvalue weighted by molar-refractivity contribution is -0.121. The maximum Gasteiger partial charge on any atom is 0.234 e. The van der Waals surface area contributed by atoms with Crippen LogP contribution in [0.3, 0.4) is 0 Å². The van der Waals surface area contributed by atoms with E-state index in [-0.39, 0.29) is 18.0 Å². The van der Waals surface area contributed by atoms with E-state index in [2.05, 4.69) is 59.5 Å². The van der Waals surface area contributed by atoms with E-state index < -0.39 is 0 Å². The first-order valence-corrected chi connectivity index (χ1v) is 7.64. The van der Waals surface area contributed by atoms with E-state index in [4.69, 9.17) is 0 Å². The molecule has 4 heteroatoms. The number of nitrogens with one attached hydrogen (secondary N) is 2. The number of carbonyl (C=O) groups is 1. The summed E-state index contributed by atoms with van der Waals surface area (Å²) in [6.45, 7) is 6.60. The van der Waals surface area contributed by atoms with E-state index in [1.807, 2.05) is 12.1 Å². The molecule has 2 N–H and O–H groups in total. The van der Waals surface area contributed by atoms with E-state index in [0.717, 1.165) is 17.3 Å². The molecule has 0 saturated carbocycles. The summed E-state index contributed by atoms with van der Waals surface area (Å²) in [5, 5.41) is 6.27. The van der Waals surface area contributed by atoms with Crippen LogP contribution in [0.5, 0.6) is 0 Å². The van der Waals surface area contributed by atoms with Gasteiger partial charge in [-0.05, 0) is 37.5 Å². The van der Waals surface area contributed by atoms with Crippen LogP contribution >= 0.6 is 15.9 Å². The van der Waals surface area contributed by atoms with Gasteiger partial charge in [-0.25, -0.2) is 0 Å². The van der Waals surface area contributed by atoms with Crippen LogP contribution in [-0.2, 0) is 4.79 Å². The predicted octanol–water partition coefficient (Wildman–Crippen LogP) is 3.40. The summed E-state index contributed by atoms with van der Waals surface area (Å²) in [6, 6.07) is 8.59. The van der Waals surface area contributed by atoms with E-state index in [9.17, 15) is 4.79 Å². The molecule has 0 aliphatic rings. The highest BCUT2D eigenvalue weighted by Gasteiger charge is 2.10. The number of halogens is 1. The molecule has 1 aromatic carbocycles. The van der Waals surface area contributed by atoms with Crippen LogP contribution in [0.2, 0.25) is 0 Å². The quantitative estimate of drug-likeness (QED) is 0.806. The topological polar surface area (TPSA) is 41.1 Å². The third-order valence-corrected chi connectivity index (χ3v) is 3.82. The van der Waals surface area contributed by atoms with Gasteiger partial charge in [-0.1, -0.05) is 41.9 Å². The van der Waals surface area contributed by atoms with Gasteiger partial charge in [-0.3, -0.25) is 4.79 Å². The Morgan fingerprint density at radius 3 is 2.32 bits per heavy atom. The van der Waals surface area contributed by atoms with Gasteiger partial charge >= 0.3 is 0 Å². The van der Waals surface area contributed by atoms with Crippen molar-refractivity contribution in [3.05, 3.63) is 34.3 Å². The minimum absolute atomic E-state index is 0.0673. The monoisotopic (exact) mass is 326 g/mol. The minimum Gasteiger partial charge on any atom is -0.352 e. The van der Waals surface area contributed by atoms with Gasteiger partial charge in [0.2, 0.25) is 5.91 Å². The summed E-state index contributed by atoms with van der Waals surface area (Å²) < 4.78 is 1.06. The highest BCUT2D eigenvalue weighted by atomic mass is 79.9. The maximum absolute atomic E-state index is 11.8. The van der Waals surface area contributed by atoms with Crippen molar-refractivity contribution in [2.45, 2.75) is 45.7 Å². The Bertz CT molecular complexity index is 388. The van der Waals surface area contributed by atoms with Crippen LogP contribution < -0.4 is 10.6 Å². The number of hydrogen-bond donors (Lipinski definition) is 2. The average Bonchev–Trinajstić information content (AvgIpc) is 2.43. The molecule has 106 valence electrons. The van der Waals surface area contributed by atoms with Crippen molar-refractivity contribution >= 4 is 21.8 Å². The maximum atomic E-state index is 11.8. The molecular formula is C15H23BrN2O. The largest absolute Gasteiger partial charge is 0.352 e. The number of carbonyl (C=O) groups excluding carboxylic acids is 1. The Labute approximate surface area is 124 Å². The number of amides is 1. The summed E-state index contributed by atoms with van der Waals surface area (Å²) in [4.78, 5) is 11.8. The Morgan fingerprint density at radius 1 is 1.21 bits per heavy atom. The summed E-state index contributed by atoms with van der Waals surface area (Å²) in [5.41, 5.74) is 1.18. The van der Waals surface area contributed by atoms with Gasteiger partial charge in [-0.2, -0.15) is 0 Å². The zero-order valence-electron chi connectivity index (χ0n) is 11.9. The van der Waals surface area contributed by atoms with Crippen LogP contribution in [-0.4, -0.2) is 18.5 Å². The van der Waals surface area contributed by atoms with Crippen molar-refractivity contribution in [3.8, 4) is 0 Å². The molecule has 0 aliphatic heterocycles. The Hall–Kier alpha value is -0.870. The van der Waals surface area contributed by atoms with Crippen molar-refractivity contribution < 1.29 is 4.79 Å². The lowest BCUT2D eigenvalue weighted by Gasteiger charge is -2.17. The second kappa shape index (κ2) is 8.33. The Morgan fingerprint density at radius 2 is 1.79 bits per heavy atom. The number of rotatable bonds is 7. The molecule has 0 radical (unpaired) electrons. The van der Waals surface area contributed by atoms with E-state index >= 15 is 0 Å². The summed E-state index contributed by atoms with van der Waals surface area (Å²) >= 11 is 3.42. The second-order valence-electron chi connectivity index (χ2n) is 4.74. The van der Waals surface area contributed by atoms with E-state index in [1.54, 1.807) is 0 Å². The standard InChI is InChI=1S/C15H23BrN2O/c1-4-14(5-2)18-15(19)10-17-11(3)12-6-8-13(16)9-7-12/h6-9,11,14,17H,4-5,10H2,1-3H3,(H,18,19)/t11-/m0/s1. The Balaban J connectivity index is 2.39. The molecule has 0 bridgehead atoms. The normalized spacial score (nSPS) is 12.5. The van der Waals surface area contributed by atoms with Gasteiger partial charge in [0.25, 0.3) is 0 Å². The molecule has 1 aromatic rings. The molecule has 0 unspecified atom stereocenters. The zero-order chi connectivity index (χ0) is 14.3. The van der Waals surface area contributed by atoms with Gasteiger partial charge in [0.15, 0.2) is 0 Å². The van der Waals surface area contributed by atoms with Gasteiger partial charge in [-0.15, -0.1) is 0 Å². The smallest absolute Gasteiger partial charge is 0.234 e. The summed E-state index contributed by atoms with van der Waals surface area (Å²) in [5.74, 6) is 0.0673. The van der Waals surface area contributed by atoms with Gasteiger partial charge < -0.3 is 10.6 Å². The van der Waals surface area contributed by atoms with Crippen LogP contribution in [0.25, 0.3) is 0 Å². The SMILES string of the molecule is CCC(CC)NC(=O)CN[C@@H](C)c1ccc(Br)cc1. The summed E-state index contributed by atoms with van der Waals surface area (Å²) in [7, 11) is 0. The van der Waals surface area contributed by atoms with Crippen molar-refractivity contribution in [2.75, 3.05) is 6.54 Å². The first-order chi connectivity index (χ1) is 9.06. The van der Waals surface area contributed by atoms with E-state index in [1.165, 1.54) is 5.56 Å². The first kappa shape index (κ1) is 16.2. The molecule has 0 heterocycles. The number of hydrogen-bond acceptors (Lipinski definition) is 2. The third-order valence-electron chi connectivity index (χ3n) is 3.29. The molecule has 19 heavy (non-hydrogen) atoms. The third kappa shape index (κ3) is 5.74. The molecule has 0 fully saturated rings. The molecule has 1 atom stereocenters. The first-order valence-electron chi connectivity index (χ1n) is 6.85. The molecule has 1 rings (SSSR count). The predicted molar refractivity (Wildman–Crippen MR) is 83.1 cm³/mol. The van der Waals surface area contributed by atoms with Crippen molar-refractivity contribution in [2.24, 2.45) is 0 Å². The fourth-order valence-electron chi connectivity index (χ4n) is 1.89. The average molecular weight is 327 g/mol. The molecule has 0 aliphatic carbocycles. The van der Waals surface area contributed by atoms with Gasteiger partial charge in [0.1, 0.15) is 0 Å². The molecule has 0 aromatic heterocycles. The molecule has 3 nitrogen and oxygen atoms in total. The van der Waals surface area contributed by atoms with Crippen LogP contribution in [0.4, 0.5) is 0 Å². The van der Waals surface area contributed by atoms with Crippen molar-refractivity contribution in [3.63, 3.8) is 0 Å². The second-order valence-corrected chi connectivity index (χ2v) is 5.65. The molecule has 0 spiro atoms. The van der Waals surface area contributed by atoms with E-state index in [0.29, 0.717) is 6.54 Å². The van der Waals surface area contributed by atoms with Crippen LogP contribution in [0, 0.1) is 0 Å². The van der Waals surface area contributed by atoms with Gasteiger partial charge in [0, 0.05) is 16.6 Å². The highest BCUT2D eigenvalue weighted by molar-refractivity contribution is 9.10. The fraction of sp³-hybridized carbons (Fsp3) is 0.533. The molecule has 0 saturated heterocycles. The lowest BCUT2D eigenvalue weighted by atomic mass is 10.1. The fourth-order valence-corrected chi connectivity index (χ4v) is 2.15. The minimum atomic E-state index is 0.0673. The van der Waals surface area contributed by atoms with Gasteiger partial charge in [0.05, 0.1) is 6.54 Å². The van der Waals surface area contributed by atoms with Crippen LogP contribution in [0.15, 0.2) is 28.7 Å². The van der Waals surface area contributed by atoms with Crippen molar-refractivity contribution in [1.82, 2.24) is 10.6 Å². The Kier molecular flexibility index (Phi) is 7.10. The van der Waals surface area contributed by atoms with Crippen molar-refractivity contribution in [1.29, 1.82) is 0 Å². The highest BCUT2D eigenvalue weighted by Crippen LogP contribution is 2.16. The molecular weight excluding hydrogens is 304 g/mol. The van der Waals surface area contributed by atoms with Crippen LogP contribution in [0.1, 0.15) is 45.2 Å². The lowest BCUT2D eigenvalue weighted by Crippen LogP contribution is -2.40. The summed E-state index contributed by atoms with van der Waals surface area (Å²) in [6.07, 6.45) is 1.95. The number of benzene rings is 1. The zero-order valence-corrected chi connectivity index (χ0v) is 13.5. The molecule has 1 amide bonds.